The smallest absolute Gasteiger partial charge is 0.331 e. The van der Waals surface area contributed by atoms with E-state index in [1.165, 1.54) is 0 Å². The number of rotatable bonds is 5. The fourth-order valence-electron chi connectivity index (χ4n) is 1.33. The SMILES string of the molecule is FC(CCSc1nc2ccccc2o1)C(F)(F)Br. The van der Waals surface area contributed by atoms with E-state index in [9.17, 15) is 13.2 Å². The number of hydrogen-bond acceptors (Lipinski definition) is 3. The molecule has 0 fully saturated rings. The molecule has 0 N–H and O–H groups in total. The predicted octanol–water partition coefficient (Wildman–Crippen LogP) is 4.64. The second-order valence-electron chi connectivity index (χ2n) is 3.59. The number of nitrogens with zero attached hydrogens (tertiary/aromatic N) is 1. The van der Waals surface area contributed by atoms with E-state index in [0.29, 0.717) is 16.3 Å². The lowest BCUT2D eigenvalue weighted by atomic mass is 10.3. The lowest BCUT2D eigenvalue weighted by molar-refractivity contribution is 0.0210. The van der Waals surface area contributed by atoms with E-state index in [2.05, 4.69) is 4.98 Å². The Balaban J connectivity index is 1.91. The molecule has 2 rings (SSSR count). The van der Waals surface area contributed by atoms with E-state index >= 15 is 0 Å². The van der Waals surface area contributed by atoms with Crippen molar-refractivity contribution in [3.05, 3.63) is 24.3 Å². The molecule has 0 aliphatic heterocycles. The summed E-state index contributed by atoms with van der Waals surface area (Å²) in [7, 11) is 0. The Morgan fingerprint density at radius 3 is 2.78 bits per heavy atom. The zero-order valence-electron chi connectivity index (χ0n) is 9.08. The second-order valence-corrected chi connectivity index (χ2v) is 5.70. The van der Waals surface area contributed by atoms with Gasteiger partial charge >= 0.3 is 4.83 Å². The molecule has 98 valence electrons. The number of hydrogen-bond donors (Lipinski definition) is 0. The minimum Gasteiger partial charge on any atom is -0.431 e. The molecule has 1 heterocycles. The van der Waals surface area contributed by atoms with Crippen LogP contribution in [0.5, 0.6) is 0 Å². The number of fused-ring (bicyclic) bond motifs is 1. The molecule has 0 amide bonds. The van der Waals surface area contributed by atoms with Crippen molar-refractivity contribution in [2.45, 2.75) is 22.6 Å². The van der Waals surface area contributed by atoms with Crippen molar-refractivity contribution >= 4 is 38.8 Å². The first-order valence-electron chi connectivity index (χ1n) is 5.16. The van der Waals surface area contributed by atoms with Crippen LogP contribution in [0, 0.1) is 0 Å². The van der Waals surface area contributed by atoms with Crippen LogP contribution in [0.3, 0.4) is 0 Å². The normalized spacial score (nSPS) is 14.0. The Morgan fingerprint density at radius 2 is 2.11 bits per heavy atom. The Kier molecular flexibility index (Phi) is 4.21. The van der Waals surface area contributed by atoms with Gasteiger partial charge in [0.1, 0.15) is 5.52 Å². The van der Waals surface area contributed by atoms with Gasteiger partial charge in [-0.2, -0.15) is 8.78 Å². The lowest BCUT2D eigenvalue weighted by Gasteiger charge is -2.12. The summed E-state index contributed by atoms with van der Waals surface area (Å²) < 4.78 is 43.3. The molecule has 0 spiro atoms. The highest BCUT2D eigenvalue weighted by Gasteiger charge is 2.36. The number of halogens is 4. The summed E-state index contributed by atoms with van der Waals surface area (Å²) >= 11 is 3.12. The second kappa shape index (κ2) is 5.52. The molecule has 1 aromatic heterocycles. The van der Waals surface area contributed by atoms with Gasteiger partial charge in [0.15, 0.2) is 11.8 Å². The van der Waals surface area contributed by atoms with Crippen LogP contribution >= 0.6 is 27.7 Å². The van der Waals surface area contributed by atoms with Crippen molar-refractivity contribution in [3.63, 3.8) is 0 Å². The van der Waals surface area contributed by atoms with E-state index in [4.69, 9.17) is 4.42 Å². The first-order valence-corrected chi connectivity index (χ1v) is 6.94. The number of alkyl halides is 4. The maximum Gasteiger partial charge on any atom is 0.331 e. The predicted molar refractivity (Wildman–Crippen MR) is 68.1 cm³/mol. The Labute approximate surface area is 114 Å². The number of oxazole rings is 1. The monoisotopic (exact) mass is 339 g/mol. The first kappa shape index (κ1) is 13.7. The van der Waals surface area contributed by atoms with Crippen LogP contribution in [0.1, 0.15) is 6.42 Å². The van der Waals surface area contributed by atoms with Crippen LogP contribution in [0.25, 0.3) is 11.1 Å². The molecule has 1 unspecified atom stereocenters. The van der Waals surface area contributed by atoms with E-state index in [-0.39, 0.29) is 12.2 Å². The van der Waals surface area contributed by atoms with Crippen LogP contribution in [0.2, 0.25) is 0 Å². The molecule has 0 bridgehead atoms. The largest absolute Gasteiger partial charge is 0.431 e. The summed E-state index contributed by atoms with van der Waals surface area (Å²) in [6.07, 6.45) is -2.49. The number of para-hydroxylation sites is 2. The van der Waals surface area contributed by atoms with Crippen LogP contribution in [0.15, 0.2) is 33.9 Å². The minimum absolute atomic E-state index is 0.176. The first-order chi connectivity index (χ1) is 8.47. The highest BCUT2D eigenvalue weighted by molar-refractivity contribution is 9.10. The summed E-state index contributed by atoms with van der Waals surface area (Å²) in [6, 6.07) is 7.18. The molecule has 0 radical (unpaired) electrons. The third-order valence-corrected chi connectivity index (χ3v) is 3.58. The van der Waals surface area contributed by atoms with Gasteiger partial charge in [-0.15, -0.1) is 0 Å². The van der Waals surface area contributed by atoms with Gasteiger partial charge in [-0.05, 0) is 34.5 Å². The van der Waals surface area contributed by atoms with Crippen molar-refractivity contribution in [2.75, 3.05) is 5.75 Å². The van der Waals surface area contributed by atoms with Gasteiger partial charge in [-0.1, -0.05) is 23.9 Å². The van der Waals surface area contributed by atoms with Gasteiger partial charge in [-0.25, -0.2) is 9.37 Å². The van der Waals surface area contributed by atoms with Crippen molar-refractivity contribution in [2.24, 2.45) is 0 Å². The molecule has 2 aromatic rings. The molecule has 1 aromatic carbocycles. The number of aromatic nitrogens is 1. The van der Waals surface area contributed by atoms with Crippen molar-refractivity contribution in [1.29, 1.82) is 0 Å². The lowest BCUT2D eigenvalue weighted by Crippen LogP contribution is -2.22. The molecule has 1 atom stereocenters. The fourth-order valence-corrected chi connectivity index (χ4v) is 2.37. The molecule has 2 nitrogen and oxygen atoms in total. The zero-order chi connectivity index (χ0) is 13.2. The summed E-state index contributed by atoms with van der Waals surface area (Å²) in [6.45, 7) is 0. The van der Waals surface area contributed by atoms with Gasteiger partial charge < -0.3 is 4.42 Å². The van der Waals surface area contributed by atoms with E-state index in [1.807, 2.05) is 28.1 Å². The van der Waals surface area contributed by atoms with Gasteiger partial charge in [-0.3, -0.25) is 0 Å². The van der Waals surface area contributed by atoms with Crippen LogP contribution < -0.4 is 0 Å². The minimum atomic E-state index is -3.48. The van der Waals surface area contributed by atoms with Crippen LogP contribution in [0.4, 0.5) is 13.2 Å². The maximum atomic E-state index is 13.0. The molecule has 0 aliphatic rings. The van der Waals surface area contributed by atoms with E-state index in [0.717, 1.165) is 11.8 Å². The Bertz CT molecular complexity index is 495. The average Bonchev–Trinajstić information content (AvgIpc) is 2.70. The highest BCUT2D eigenvalue weighted by atomic mass is 79.9. The van der Waals surface area contributed by atoms with E-state index < -0.39 is 11.0 Å². The third-order valence-electron chi connectivity index (χ3n) is 2.23. The van der Waals surface area contributed by atoms with Crippen molar-refractivity contribution in [1.82, 2.24) is 4.98 Å². The van der Waals surface area contributed by atoms with Crippen molar-refractivity contribution in [3.8, 4) is 0 Å². The van der Waals surface area contributed by atoms with Gasteiger partial charge in [0, 0.05) is 5.75 Å². The fraction of sp³-hybridized carbons (Fsp3) is 0.364. The molecule has 0 aliphatic carbocycles. The summed E-state index contributed by atoms with van der Waals surface area (Å²) in [5.41, 5.74) is 1.32. The van der Waals surface area contributed by atoms with Gasteiger partial charge in [0.2, 0.25) is 0 Å². The average molecular weight is 340 g/mol. The van der Waals surface area contributed by atoms with Crippen LogP contribution in [-0.2, 0) is 0 Å². The summed E-state index contributed by atoms with van der Waals surface area (Å²) in [5.74, 6) is 0.176. The summed E-state index contributed by atoms with van der Waals surface area (Å²) in [5, 5.41) is 0.362. The molecular weight excluding hydrogens is 331 g/mol. The molecule has 7 heteroatoms. The molecule has 0 saturated carbocycles. The van der Waals surface area contributed by atoms with Gasteiger partial charge in [0.05, 0.1) is 0 Å². The number of thioether (sulfide) groups is 1. The standard InChI is InChI=1S/C11H9BrF3NOS/c12-11(14,15)9(13)5-6-18-10-16-7-3-1-2-4-8(7)17-10/h1-4,9H,5-6H2. The molecule has 0 saturated heterocycles. The van der Waals surface area contributed by atoms with Crippen molar-refractivity contribution < 1.29 is 17.6 Å². The number of benzene rings is 1. The van der Waals surface area contributed by atoms with Crippen LogP contribution in [-0.4, -0.2) is 21.7 Å². The zero-order valence-corrected chi connectivity index (χ0v) is 11.5. The quantitative estimate of drug-likeness (QED) is 0.586. The third kappa shape index (κ3) is 3.41. The highest BCUT2D eigenvalue weighted by Crippen LogP contribution is 2.32. The molecule has 18 heavy (non-hydrogen) atoms. The Morgan fingerprint density at radius 1 is 1.39 bits per heavy atom. The molecular formula is C11H9BrF3NOS. The van der Waals surface area contributed by atoms with E-state index in [1.54, 1.807) is 12.1 Å². The Hall–Kier alpha value is -0.690. The summed E-state index contributed by atoms with van der Waals surface area (Å²) in [4.78, 5) is 0.669. The maximum absolute atomic E-state index is 13.0. The van der Waals surface area contributed by atoms with Gasteiger partial charge in [0.25, 0.3) is 5.22 Å². The topological polar surface area (TPSA) is 26.0 Å².